The van der Waals surface area contributed by atoms with Crippen LogP contribution in [0.4, 0.5) is 5.00 Å². The first kappa shape index (κ1) is 21.8. The van der Waals surface area contributed by atoms with Gasteiger partial charge in [-0.15, -0.1) is 11.3 Å². The molecule has 6 heteroatoms. The first-order chi connectivity index (χ1) is 15.1. The fraction of sp³-hybridized carbons (Fsp3) is 0.280. The second-order valence-corrected chi connectivity index (χ2v) is 9.82. The molecule has 0 radical (unpaired) electrons. The third kappa shape index (κ3) is 4.94. The van der Waals surface area contributed by atoms with Crippen LogP contribution in [0.25, 0.3) is 0 Å². The lowest BCUT2D eigenvalue weighted by atomic mass is 9.96. The molecule has 1 aliphatic rings. The standard InChI is InChI=1S/C25H23IN2O2S/c1-16-7-9-17(10-8-16)15-30-24-21(26)11-18(12-22(24)29-2)14-28-25-20(13-27)19-5-3-4-6-23(19)31-25/h7-12,14H,3-6,15H2,1-2H3. The van der Waals surface area contributed by atoms with E-state index in [0.29, 0.717) is 12.4 Å². The van der Waals surface area contributed by atoms with Crippen LogP contribution in [0.2, 0.25) is 0 Å². The number of aryl methyl sites for hydroxylation is 2. The van der Waals surface area contributed by atoms with E-state index in [1.165, 1.54) is 22.4 Å². The minimum atomic E-state index is 0.479. The molecule has 0 unspecified atom stereocenters. The fourth-order valence-corrected chi connectivity index (χ4v) is 5.65. The van der Waals surface area contributed by atoms with Crippen LogP contribution in [0.1, 0.15) is 45.5 Å². The van der Waals surface area contributed by atoms with Crippen molar-refractivity contribution < 1.29 is 9.47 Å². The fourth-order valence-electron chi connectivity index (χ4n) is 3.69. The summed E-state index contributed by atoms with van der Waals surface area (Å²) in [6, 6.07) is 14.6. The maximum Gasteiger partial charge on any atom is 0.174 e. The van der Waals surface area contributed by atoms with Gasteiger partial charge in [0.05, 0.1) is 16.2 Å². The van der Waals surface area contributed by atoms with Crippen LogP contribution in [-0.4, -0.2) is 13.3 Å². The lowest BCUT2D eigenvalue weighted by Crippen LogP contribution is -2.01. The number of nitriles is 1. The number of halogens is 1. The predicted octanol–water partition coefficient (Wildman–Crippen LogP) is 6.75. The maximum atomic E-state index is 9.64. The summed E-state index contributed by atoms with van der Waals surface area (Å²) in [6.07, 6.45) is 6.21. The monoisotopic (exact) mass is 542 g/mol. The Labute approximate surface area is 200 Å². The number of fused-ring (bicyclic) bond motifs is 1. The van der Waals surface area contributed by atoms with Crippen LogP contribution in [0, 0.1) is 21.8 Å². The number of ether oxygens (including phenoxy) is 2. The van der Waals surface area contributed by atoms with Gasteiger partial charge in [-0.1, -0.05) is 29.8 Å². The first-order valence-electron chi connectivity index (χ1n) is 10.2. The van der Waals surface area contributed by atoms with Gasteiger partial charge < -0.3 is 9.47 Å². The smallest absolute Gasteiger partial charge is 0.174 e. The van der Waals surface area contributed by atoms with Gasteiger partial charge in [0.15, 0.2) is 11.5 Å². The molecule has 0 aliphatic heterocycles. The zero-order chi connectivity index (χ0) is 21.8. The largest absolute Gasteiger partial charge is 0.493 e. The molecule has 31 heavy (non-hydrogen) atoms. The first-order valence-corrected chi connectivity index (χ1v) is 12.1. The topological polar surface area (TPSA) is 54.6 Å². The van der Waals surface area contributed by atoms with Crippen molar-refractivity contribution in [3.05, 3.63) is 72.7 Å². The Morgan fingerprint density at radius 1 is 1.19 bits per heavy atom. The molecule has 0 N–H and O–H groups in total. The summed E-state index contributed by atoms with van der Waals surface area (Å²) in [4.78, 5) is 5.99. The Morgan fingerprint density at radius 3 is 2.71 bits per heavy atom. The van der Waals surface area contributed by atoms with Gasteiger partial charge in [-0.2, -0.15) is 5.26 Å². The molecular formula is C25H23IN2O2S. The van der Waals surface area contributed by atoms with E-state index in [9.17, 15) is 5.26 Å². The Balaban J connectivity index is 1.56. The number of rotatable bonds is 6. The van der Waals surface area contributed by atoms with E-state index in [0.717, 1.165) is 50.3 Å². The quantitative estimate of drug-likeness (QED) is 0.256. The van der Waals surface area contributed by atoms with Gasteiger partial charge >= 0.3 is 0 Å². The predicted molar refractivity (Wildman–Crippen MR) is 134 cm³/mol. The maximum absolute atomic E-state index is 9.64. The Bertz CT molecular complexity index is 1160. The molecule has 0 saturated heterocycles. The van der Waals surface area contributed by atoms with E-state index in [4.69, 9.17) is 9.47 Å². The summed E-state index contributed by atoms with van der Waals surface area (Å²) in [5.41, 5.74) is 5.21. The zero-order valence-electron chi connectivity index (χ0n) is 17.6. The van der Waals surface area contributed by atoms with Crippen molar-refractivity contribution in [3.63, 3.8) is 0 Å². The van der Waals surface area contributed by atoms with Gasteiger partial charge in [0.25, 0.3) is 0 Å². The Kier molecular flexibility index (Phi) is 6.93. The van der Waals surface area contributed by atoms with E-state index in [1.807, 2.05) is 18.3 Å². The highest BCUT2D eigenvalue weighted by molar-refractivity contribution is 14.1. The second kappa shape index (κ2) is 9.84. The van der Waals surface area contributed by atoms with Crippen molar-refractivity contribution in [1.29, 1.82) is 5.26 Å². The molecule has 3 aromatic rings. The molecule has 0 bridgehead atoms. The summed E-state index contributed by atoms with van der Waals surface area (Å²) >= 11 is 3.92. The third-order valence-electron chi connectivity index (χ3n) is 5.35. The highest BCUT2D eigenvalue weighted by Gasteiger charge is 2.20. The average molecular weight is 542 g/mol. The zero-order valence-corrected chi connectivity index (χ0v) is 20.5. The molecule has 1 heterocycles. The minimum absolute atomic E-state index is 0.479. The summed E-state index contributed by atoms with van der Waals surface area (Å²) in [6.45, 7) is 2.55. The van der Waals surface area contributed by atoms with E-state index >= 15 is 0 Å². The minimum Gasteiger partial charge on any atom is -0.493 e. The average Bonchev–Trinajstić information content (AvgIpc) is 3.15. The van der Waals surface area contributed by atoms with Gasteiger partial charge in [-0.25, -0.2) is 4.99 Å². The van der Waals surface area contributed by atoms with Crippen molar-refractivity contribution in [2.75, 3.05) is 7.11 Å². The van der Waals surface area contributed by atoms with Gasteiger partial charge in [0.2, 0.25) is 0 Å². The van der Waals surface area contributed by atoms with Crippen molar-refractivity contribution in [3.8, 4) is 17.6 Å². The van der Waals surface area contributed by atoms with Gasteiger partial charge in [0.1, 0.15) is 17.7 Å². The molecule has 0 spiro atoms. The van der Waals surface area contributed by atoms with Crippen LogP contribution >= 0.6 is 33.9 Å². The molecule has 1 aliphatic carbocycles. The molecule has 4 rings (SSSR count). The van der Waals surface area contributed by atoms with Crippen LogP contribution < -0.4 is 9.47 Å². The third-order valence-corrected chi connectivity index (χ3v) is 7.35. The van der Waals surface area contributed by atoms with Gasteiger partial charge in [0, 0.05) is 11.1 Å². The number of aliphatic imine (C=N–C) groups is 1. The normalized spacial score (nSPS) is 13.1. The summed E-state index contributed by atoms with van der Waals surface area (Å²) in [7, 11) is 1.65. The molecular weight excluding hydrogens is 519 g/mol. The SMILES string of the molecule is COc1cc(C=Nc2sc3c(c2C#N)CCCC3)cc(I)c1OCc1ccc(C)cc1. The molecule has 0 atom stereocenters. The van der Waals surface area contributed by atoms with Gasteiger partial charge in [-0.05, 0) is 84.0 Å². The van der Waals surface area contributed by atoms with E-state index < -0.39 is 0 Å². The van der Waals surface area contributed by atoms with Crippen molar-refractivity contribution in [1.82, 2.24) is 0 Å². The molecule has 2 aromatic carbocycles. The van der Waals surface area contributed by atoms with Crippen LogP contribution in [0.15, 0.2) is 41.4 Å². The van der Waals surface area contributed by atoms with Crippen LogP contribution in [-0.2, 0) is 19.4 Å². The van der Waals surface area contributed by atoms with Crippen LogP contribution in [0.3, 0.4) is 0 Å². The lowest BCUT2D eigenvalue weighted by Gasteiger charge is -2.13. The molecule has 158 valence electrons. The Morgan fingerprint density at radius 2 is 1.97 bits per heavy atom. The summed E-state index contributed by atoms with van der Waals surface area (Å²) < 4.78 is 12.6. The van der Waals surface area contributed by atoms with Gasteiger partial charge in [-0.3, -0.25) is 0 Å². The number of nitrogens with zero attached hydrogens (tertiary/aromatic N) is 2. The number of benzene rings is 2. The van der Waals surface area contributed by atoms with Crippen molar-refractivity contribution in [2.45, 2.75) is 39.2 Å². The highest BCUT2D eigenvalue weighted by atomic mass is 127. The molecule has 1 aromatic heterocycles. The molecule has 0 amide bonds. The van der Waals surface area contributed by atoms with Crippen molar-refractivity contribution >= 4 is 45.1 Å². The number of hydrogen-bond donors (Lipinski definition) is 0. The van der Waals surface area contributed by atoms with Crippen molar-refractivity contribution in [2.24, 2.45) is 4.99 Å². The highest BCUT2D eigenvalue weighted by Crippen LogP contribution is 2.39. The number of methoxy groups -OCH3 is 1. The van der Waals surface area contributed by atoms with E-state index in [1.54, 1.807) is 18.4 Å². The van der Waals surface area contributed by atoms with E-state index in [-0.39, 0.29) is 0 Å². The summed E-state index contributed by atoms with van der Waals surface area (Å²) in [5, 5.41) is 10.4. The number of hydrogen-bond acceptors (Lipinski definition) is 5. The number of thiophene rings is 1. The Hall–Kier alpha value is -2.37. The summed E-state index contributed by atoms with van der Waals surface area (Å²) in [5.74, 6) is 1.40. The lowest BCUT2D eigenvalue weighted by molar-refractivity contribution is 0.282. The molecule has 0 fully saturated rings. The molecule has 4 nitrogen and oxygen atoms in total. The van der Waals surface area contributed by atoms with E-state index in [2.05, 4.69) is 64.8 Å². The second-order valence-electron chi connectivity index (χ2n) is 7.57. The molecule has 0 saturated carbocycles. The van der Waals surface area contributed by atoms with Crippen LogP contribution in [0.5, 0.6) is 11.5 Å².